The van der Waals surface area contributed by atoms with Gasteiger partial charge in [0, 0.05) is 17.7 Å². The van der Waals surface area contributed by atoms with Gasteiger partial charge in [0.05, 0.1) is 34.1 Å². The van der Waals surface area contributed by atoms with Gasteiger partial charge in [-0.2, -0.15) is 0 Å². The summed E-state index contributed by atoms with van der Waals surface area (Å²) in [5.41, 5.74) is 1.64. The summed E-state index contributed by atoms with van der Waals surface area (Å²) in [6.07, 6.45) is 1.55. The molecule has 8 heteroatoms. The summed E-state index contributed by atoms with van der Waals surface area (Å²) >= 11 is 0. The van der Waals surface area contributed by atoms with E-state index >= 15 is 0 Å². The Morgan fingerprint density at radius 1 is 0.806 bits per heavy atom. The molecule has 0 unspecified atom stereocenters. The van der Waals surface area contributed by atoms with E-state index in [1.54, 1.807) is 48.7 Å². The molecule has 0 spiro atoms. The van der Waals surface area contributed by atoms with E-state index in [1.807, 2.05) is 6.07 Å². The van der Waals surface area contributed by atoms with Gasteiger partial charge in [-0.25, -0.2) is 0 Å². The standard InChI is InChI=1S/C23H24N2O6/c1-28-19-11-17(12-20(29-2)21(19)30-3)23(27)24-13-15-6-4-7-16(10-15)22(26)25-14-18-8-5-9-31-18/h4-12H,13-14H2,1-3H3,(H,24,27)(H,25,26). The number of hydrogen-bond donors (Lipinski definition) is 2. The molecule has 31 heavy (non-hydrogen) atoms. The van der Waals surface area contributed by atoms with E-state index in [-0.39, 0.29) is 18.4 Å². The fraction of sp³-hybridized carbons (Fsp3) is 0.217. The second kappa shape index (κ2) is 10.2. The Kier molecular flexibility index (Phi) is 7.16. The minimum Gasteiger partial charge on any atom is -0.493 e. The molecule has 0 aliphatic rings. The Hall–Kier alpha value is -3.94. The van der Waals surface area contributed by atoms with Crippen molar-refractivity contribution in [2.75, 3.05) is 21.3 Å². The minimum atomic E-state index is -0.313. The van der Waals surface area contributed by atoms with Crippen LogP contribution in [0.15, 0.2) is 59.2 Å². The summed E-state index contributed by atoms with van der Waals surface area (Å²) in [4.78, 5) is 25.0. The lowest BCUT2D eigenvalue weighted by Crippen LogP contribution is -2.24. The van der Waals surface area contributed by atoms with Crippen LogP contribution < -0.4 is 24.8 Å². The van der Waals surface area contributed by atoms with Crippen molar-refractivity contribution >= 4 is 11.8 Å². The quantitative estimate of drug-likeness (QED) is 0.548. The van der Waals surface area contributed by atoms with Crippen LogP contribution in [0, 0.1) is 0 Å². The molecular weight excluding hydrogens is 400 g/mol. The van der Waals surface area contributed by atoms with E-state index in [4.69, 9.17) is 18.6 Å². The lowest BCUT2D eigenvalue weighted by atomic mass is 10.1. The molecular formula is C23H24N2O6. The predicted octanol–water partition coefficient (Wildman–Crippen LogP) is 3.17. The molecule has 0 aliphatic carbocycles. The highest BCUT2D eigenvalue weighted by atomic mass is 16.5. The Bertz CT molecular complexity index is 1020. The molecule has 162 valence electrons. The molecule has 0 saturated carbocycles. The van der Waals surface area contributed by atoms with Crippen LogP contribution in [-0.4, -0.2) is 33.1 Å². The van der Waals surface area contributed by atoms with Crippen molar-refractivity contribution in [2.24, 2.45) is 0 Å². The molecule has 0 saturated heterocycles. The van der Waals surface area contributed by atoms with E-state index in [9.17, 15) is 9.59 Å². The van der Waals surface area contributed by atoms with Gasteiger partial charge in [0.15, 0.2) is 11.5 Å². The summed E-state index contributed by atoms with van der Waals surface area (Å²) in [6.45, 7) is 0.544. The van der Waals surface area contributed by atoms with Gasteiger partial charge in [-0.15, -0.1) is 0 Å². The molecule has 0 aliphatic heterocycles. The molecule has 1 aromatic heterocycles. The summed E-state index contributed by atoms with van der Waals surface area (Å²) < 4.78 is 21.1. The Morgan fingerprint density at radius 3 is 2.10 bits per heavy atom. The van der Waals surface area contributed by atoms with E-state index in [1.165, 1.54) is 21.3 Å². The Labute approximate surface area is 180 Å². The number of methoxy groups -OCH3 is 3. The molecule has 3 rings (SSSR count). The SMILES string of the molecule is COc1cc(C(=O)NCc2cccc(C(=O)NCc3ccco3)c2)cc(OC)c1OC. The summed E-state index contributed by atoms with van der Waals surface area (Å²) in [7, 11) is 4.47. The van der Waals surface area contributed by atoms with Gasteiger partial charge in [-0.3, -0.25) is 9.59 Å². The van der Waals surface area contributed by atoms with Gasteiger partial charge < -0.3 is 29.3 Å². The van der Waals surface area contributed by atoms with Crippen molar-refractivity contribution in [1.82, 2.24) is 10.6 Å². The topological polar surface area (TPSA) is 99.0 Å². The smallest absolute Gasteiger partial charge is 0.251 e. The minimum absolute atomic E-state index is 0.228. The maximum Gasteiger partial charge on any atom is 0.251 e. The number of carbonyl (C=O) groups excluding carboxylic acids is 2. The fourth-order valence-corrected chi connectivity index (χ4v) is 3.00. The van der Waals surface area contributed by atoms with Crippen molar-refractivity contribution in [1.29, 1.82) is 0 Å². The zero-order chi connectivity index (χ0) is 22.2. The average Bonchev–Trinajstić information content (AvgIpc) is 3.33. The van der Waals surface area contributed by atoms with Crippen LogP contribution in [-0.2, 0) is 13.1 Å². The molecule has 3 aromatic rings. The van der Waals surface area contributed by atoms with Crippen LogP contribution in [0.4, 0.5) is 0 Å². The maximum absolute atomic E-state index is 12.7. The number of amides is 2. The van der Waals surface area contributed by atoms with Gasteiger partial charge in [0.2, 0.25) is 5.75 Å². The third-order valence-electron chi connectivity index (χ3n) is 4.57. The maximum atomic E-state index is 12.7. The van der Waals surface area contributed by atoms with Gasteiger partial charge in [0.1, 0.15) is 5.76 Å². The zero-order valence-electron chi connectivity index (χ0n) is 17.6. The lowest BCUT2D eigenvalue weighted by Gasteiger charge is -2.14. The summed E-state index contributed by atoms with van der Waals surface area (Å²) in [5, 5.41) is 5.63. The third-order valence-corrected chi connectivity index (χ3v) is 4.57. The second-order valence-corrected chi connectivity index (χ2v) is 6.56. The highest BCUT2D eigenvalue weighted by Crippen LogP contribution is 2.38. The normalized spacial score (nSPS) is 10.3. The molecule has 0 atom stereocenters. The number of benzene rings is 2. The van der Waals surface area contributed by atoms with Gasteiger partial charge in [-0.1, -0.05) is 12.1 Å². The Balaban J connectivity index is 1.65. The molecule has 2 amide bonds. The molecule has 2 aromatic carbocycles. The number of furan rings is 1. The van der Waals surface area contributed by atoms with E-state index in [2.05, 4.69) is 10.6 Å². The van der Waals surface area contributed by atoms with Gasteiger partial charge in [-0.05, 0) is 42.0 Å². The molecule has 0 fully saturated rings. The van der Waals surface area contributed by atoms with Gasteiger partial charge >= 0.3 is 0 Å². The first-order chi connectivity index (χ1) is 15.0. The molecule has 8 nitrogen and oxygen atoms in total. The summed E-state index contributed by atoms with van der Waals surface area (Å²) in [5.74, 6) is 1.32. The van der Waals surface area contributed by atoms with E-state index in [0.717, 1.165) is 5.56 Å². The first kappa shape index (κ1) is 21.8. The molecule has 1 heterocycles. The van der Waals surface area contributed by atoms with Crippen molar-refractivity contribution in [3.63, 3.8) is 0 Å². The predicted molar refractivity (Wildman–Crippen MR) is 114 cm³/mol. The van der Waals surface area contributed by atoms with E-state index in [0.29, 0.717) is 40.7 Å². The Morgan fingerprint density at radius 2 is 1.48 bits per heavy atom. The fourth-order valence-electron chi connectivity index (χ4n) is 3.00. The van der Waals surface area contributed by atoms with Crippen molar-refractivity contribution in [2.45, 2.75) is 13.1 Å². The number of hydrogen-bond acceptors (Lipinski definition) is 6. The first-order valence-corrected chi connectivity index (χ1v) is 9.53. The third kappa shape index (κ3) is 5.36. The van der Waals surface area contributed by atoms with Crippen LogP contribution in [0.3, 0.4) is 0 Å². The van der Waals surface area contributed by atoms with Crippen LogP contribution in [0.25, 0.3) is 0 Å². The second-order valence-electron chi connectivity index (χ2n) is 6.56. The largest absolute Gasteiger partial charge is 0.493 e. The van der Waals surface area contributed by atoms with Crippen LogP contribution >= 0.6 is 0 Å². The number of ether oxygens (including phenoxy) is 3. The summed E-state index contributed by atoms with van der Waals surface area (Å²) in [6, 6.07) is 13.7. The highest BCUT2D eigenvalue weighted by molar-refractivity contribution is 5.96. The molecule has 2 N–H and O–H groups in total. The number of rotatable bonds is 9. The van der Waals surface area contributed by atoms with Crippen molar-refractivity contribution < 1.29 is 28.2 Å². The van der Waals surface area contributed by atoms with Crippen LogP contribution in [0.5, 0.6) is 17.2 Å². The first-order valence-electron chi connectivity index (χ1n) is 9.53. The van der Waals surface area contributed by atoms with Crippen molar-refractivity contribution in [3.8, 4) is 17.2 Å². The van der Waals surface area contributed by atoms with Crippen LogP contribution in [0.2, 0.25) is 0 Å². The highest BCUT2D eigenvalue weighted by Gasteiger charge is 2.17. The zero-order valence-corrected chi connectivity index (χ0v) is 17.6. The lowest BCUT2D eigenvalue weighted by molar-refractivity contribution is 0.0943. The van der Waals surface area contributed by atoms with E-state index < -0.39 is 0 Å². The molecule has 0 radical (unpaired) electrons. The monoisotopic (exact) mass is 424 g/mol. The molecule has 0 bridgehead atoms. The van der Waals surface area contributed by atoms with Crippen LogP contribution in [0.1, 0.15) is 32.0 Å². The number of nitrogens with one attached hydrogen (secondary N) is 2. The average molecular weight is 424 g/mol. The number of carbonyl (C=O) groups is 2. The van der Waals surface area contributed by atoms with Gasteiger partial charge in [0.25, 0.3) is 11.8 Å². The van der Waals surface area contributed by atoms with Crippen molar-refractivity contribution in [3.05, 3.63) is 77.2 Å².